The van der Waals surface area contributed by atoms with Crippen LogP contribution in [0.5, 0.6) is 0 Å². The van der Waals surface area contributed by atoms with Crippen molar-refractivity contribution in [2.24, 2.45) is 0 Å². The van der Waals surface area contributed by atoms with E-state index in [-0.39, 0.29) is 54.7 Å². The lowest BCUT2D eigenvalue weighted by molar-refractivity contribution is -0.777. The average Bonchev–Trinajstić information content (AvgIpc) is 2.96. The van der Waals surface area contributed by atoms with Gasteiger partial charge in [-0.25, -0.2) is 13.3 Å². The third-order valence-electron chi connectivity index (χ3n) is 7.17. The zero-order chi connectivity index (χ0) is 30.1. The molecule has 0 saturated carbocycles. The molecule has 2 aliphatic rings. The SMILES string of the molecule is Cc1ccc(-c2ccc(N3C(=O)c4ccc5c6c(ccc(c46)C3=O)C(=O)N(C)C5=O)cc2S(=O)(=O)[O-])c(SOO[O-])c1. The first-order chi connectivity index (χ1) is 19.9. The van der Waals surface area contributed by atoms with Gasteiger partial charge in [-0.05, 0) is 60.5 Å². The van der Waals surface area contributed by atoms with E-state index in [1.165, 1.54) is 49.5 Å². The summed E-state index contributed by atoms with van der Waals surface area (Å²) in [5.74, 6) is -2.85. The predicted molar refractivity (Wildman–Crippen MR) is 144 cm³/mol. The summed E-state index contributed by atoms with van der Waals surface area (Å²) in [4.78, 5) is 54.2. The molecule has 4 aromatic rings. The lowest BCUT2D eigenvalue weighted by Crippen LogP contribution is -2.42. The van der Waals surface area contributed by atoms with Gasteiger partial charge in [0.15, 0.2) is 0 Å². The molecule has 0 saturated heterocycles. The van der Waals surface area contributed by atoms with Gasteiger partial charge in [-0.1, -0.05) is 18.2 Å². The average molecular weight is 605 g/mol. The molecule has 6 rings (SSSR count). The quantitative estimate of drug-likeness (QED) is 0.104. The molecule has 2 aliphatic heterocycles. The largest absolute Gasteiger partial charge is 0.744 e. The van der Waals surface area contributed by atoms with Crippen LogP contribution >= 0.6 is 12.0 Å². The normalized spacial score (nSPS) is 14.8. The maximum absolute atomic E-state index is 13.7. The van der Waals surface area contributed by atoms with Gasteiger partial charge < -0.3 is 9.81 Å². The highest BCUT2D eigenvalue weighted by Gasteiger charge is 2.39. The molecule has 0 aromatic heterocycles. The zero-order valence-electron chi connectivity index (χ0n) is 21.6. The van der Waals surface area contributed by atoms with Crippen molar-refractivity contribution in [1.29, 1.82) is 0 Å². The Kier molecular flexibility index (Phi) is 6.49. The van der Waals surface area contributed by atoms with E-state index in [0.717, 1.165) is 21.4 Å². The maximum Gasteiger partial charge on any atom is 0.265 e. The van der Waals surface area contributed by atoms with Crippen molar-refractivity contribution in [1.82, 2.24) is 4.90 Å². The van der Waals surface area contributed by atoms with Crippen molar-refractivity contribution in [3.8, 4) is 11.1 Å². The van der Waals surface area contributed by atoms with Gasteiger partial charge in [0.05, 0.1) is 22.6 Å². The topological polar surface area (TPSA) is 173 Å². The number of rotatable bonds is 6. The summed E-state index contributed by atoms with van der Waals surface area (Å²) in [7, 11) is -3.84. The smallest absolute Gasteiger partial charge is 0.265 e. The molecule has 14 heteroatoms. The van der Waals surface area contributed by atoms with Crippen molar-refractivity contribution in [3.05, 3.63) is 88.5 Å². The van der Waals surface area contributed by atoms with Crippen molar-refractivity contribution in [2.75, 3.05) is 11.9 Å². The second-order valence-corrected chi connectivity index (χ2v) is 11.6. The van der Waals surface area contributed by atoms with Gasteiger partial charge in [-0.15, -0.1) is 0 Å². The van der Waals surface area contributed by atoms with Crippen LogP contribution in [-0.4, -0.2) is 48.5 Å². The third-order valence-corrected chi connectivity index (χ3v) is 8.69. The Morgan fingerprint density at radius 3 is 1.74 bits per heavy atom. The van der Waals surface area contributed by atoms with Crippen molar-refractivity contribution in [2.45, 2.75) is 16.7 Å². The highest BCUT2D eigenvalue weighted by Crippen LogP contribution is 2.41. The highest BCUT2D eigenvalue weighted by molar-refractivity contribution is 7.94. The molecule has 4 amide bonds. The fourth-order valence-corrected chi connectivity index (χ4v) is 6.60. The van der Waals surface area contributed by atoms with E-state index in [9.17, 15) is 37.4 Å². The van der Waals surface area contributed by atoms with E-state index in [1.807, 2.05) is 0 Å². The Bertz CT molecular complexity index is 1950. The Hall–Kier alpha value is -4.44. The molecule has 212 valence electrons. The summed E-state index contributed by atoms with van der Waals surface area (Å²) in [6, 6.07) is 13.7. The molecule has 42 heavy (non-hydrogen) atoms. The van der Waals surface area contributed by atoms with Gasteiger partial charge >= 0.3 is 0 Å². The minimum atomic E-state index is -5.17. The first kappa shape index (κ1) is 27.7. The van der Waals surface area contributed by atoms with Gasteiger partial charge in [0, 0.05) is 50.5 Å². The number of benzene rings is 4. The van der Waals surface area contributed by atoms with Crippen molar-refractivity contribution in [3.63, 3.8) is 0 Å². The van der Waals surface area contributed by atoms with E-state index in [2.05, 4.69) is 9.37 Å². The van der Waals surface area contributed by atoms with Crippen LogP contribution in [-0.2, 0) is 19.5 Å². The number of imide groups is 2. The standard InChI is InChI=1S/C28H18N2O10S2/c1-13-3-5-15(21(11-13)41-40-39-35)16-6-4-14(12-22(16)42(36,37)38)30-27(33)19-9-7-17-23-18(26(32)29(2)25(17)31)8-10-20(24(19)23)28(30)34/h3-12,35H,1-2H3,(H,36,37,38)/p-2. The van der Waals surface area contributed by atoms with Gasteiger partial charge in [0.1, 0.15) is 10.1 Å². The number of carbonyl (C=O) groups is 4. The molecule has 0 spiro atoms. The van der Waals surface area contributed by atoms with E-state index < -0.39 is 38.6 Å². The van der Waals surface area contributed by atoms with E-state index >= 15 is 0 Å². The first-order valence-electron chi connectivity index (χ1n) is 12.1. The first-order valence-corrected chi connectivity index (χ1v) is 14.2. The molecule has 0 unspecified atom stereocenters. The van der Waals surface area contributed by atoms with E-state index in [0.29, 0.717) is 12.0 Å². The number of carbonyl (C=O) groups excluding carboxylic acids is 4. The fourth-order valence-electron chi connectivity index (χ4n) is 5.28. The Labute approximate surface area is 241 Å². The Morgan fingerprint density at radius 1 is 0.714 bits per heavy atom. The number of hydrogen-bond donors (Lipinski definition) is 0. The van der Waals surface area contributed by atoms with Crippen LogP contribution in [0.4, 0.5) is 5.69 Å². The molecule has 0 radical (unpaired) electrons. The predicted octanol–water partition coefficient (Wildman–Crippen LogP) is 2.98. The van der Waals surface area contributed by atoms with E-state index in [1.54, 1.807) is 19.1 Å². The van der Waals surface area contributed by atoms with Crippen LogP contribution in [0.15, 0.2) is 70.5 Å². The van der Waals surface area contributed by atoms with Gasteiger partial charge in [-0.3, -0.25) is 29.1 Å². The highest BCUT2D eigenvalue weighted by atomic mass is 32.2. The third kappa shape index (κ3) is 4.12. The van der Waals surface area contributed by atoms with E-state index in [4.69, 9.17) is 0 Å². The number of amides is 4. The minimum Gasteiger partial charge on any atom is -0.744 e. The molecule has 0 atom stereocenters. The lowest BCUT2D eigenvalue weighted by Gasteiger charge is -2.31. The Balaban J connectivity index is 1.52. The van der Waals surface area contributed by atoms with Crippen LogP contribution in [0.3, 0.4) is 0 Å². The number of hydrogen-bond acceptors (Lipinski definition) is 11. The number of nitrogens with zero attached hydrogens (tertiary/aromatic N) is 2. The van der Waals surface area contributed by atoms with Crippen LogP contribution in [0.25, 0.3) is 21.9 Å². The second-order valence-electron chi connectivity index (χ2n) is 9.54. The van der Waals surface area contributed by atoms with Crippen molar-refractivity contribution >= 4 is 62.2 Å². The monoisotopic (exact) mass is 604 g/mol. The van der Waals surface area contributed by atoms with Crippen LogP contribution in [0.1, 0.15) is 47.0 Å². The zero-order valence-corrected chi connectivity index (χ0v) is 23.2. The molecule has 12 nitrogen and oxygen atoms in total. The molecule has 0 fully saturated rings. The summed E-state index contributed by atoms with van der Waals surface area (Å²) in [5, 5.41) is 14.1. The summed E-state index contributed by atoms with van der Waals surface area (Å²) < 4.78 is 41.8. The number of aryl methyl sites for hydroxylation is 1. The van der Waals surface area contributed by atoms with Gasteiger partial charge in [-0.2, -0.15) is 4.33 Å². The van der Waals surface area contributed by atoms with Crippen LogP contribution < -0.4 is 10.2 Å². The molecule has 4 aromatic carbocycles. The molecule has 0 aliphatic carbocycles. The molecular weight excluding hydrogens is 588 g/mol. The lowest BCUT2D eigenvalue weighted by atomic mass is 9.86. The summed E-state index contributed by atoms with van der Waals surface area (Å²) in [5.41, 5.74) is 1.02. The van der Waals surface area contributed by atoms with Gasteiger partial charge in [0.25, 0.3) is 23.6 Å². The van der Waals surface area contributed by atoms with Crippen LogP contribution in [0.2, 0.25) is 0 Å². The summed E-state index contributed by atoms with van der Waals surface area (Å²) >= 11 is 0.506. The minimum absolute atomic E-state index is 0.0120. The van der Waals surface area contributed by atoms with Crippen molar-refractivity contribution < 1.29 is 46.8 Å². The summed E-state index contributed by atoms with van der Waals surface area (Å²) in [6.07, 6.45) is 0. The number of anilines is 1. The molecule has 2 heterocycles. The second kappa shape index (κ2) is 9.84. The molecular formula is C28H16N2O10S2-2. The molecule has 0 N–H and O–H groups in total. The molecule has 0 bridgehead atoms. The fraction of sp³-hybridized carbons (Fsp3) is 0.0714. The van der Waals surface area contributed by atoms with Gasteiger partial charge in [0.2, 0.25) is 0 Å². The summed E-state index contributed by atoms with van der Waals surface area (Å²) in [6.45, 7) is 1.74. The van der Waals surface area contributed by atoms with Crippen LogP contribution in [0, 0.1) is 6.92 Å². The Morgan fingerprint density at radius 2 is 1.21 bits per heavy atom. The maximum atomic E-state index is 13.7.